The minimum absolute atomic E-state index is 0.342. The molecule has 0 saturated carbocycles. The second kappa shape index (κ2) is 6.82. The van der Waals surface area contributed by atoms with E-state index in [4.69, 9.17) is 16.6 Å². The van der Waals surface area contributed by atoms with Crippen LogP contribution in [0, 0.1) is 13.8 Å². The number of nitrogens with zero attached hydrogens (tertiary/aromatic N) is 3. The summed E-state index contributed by atoms with van der Waals surface area (Å²) in [4.78, 5) is 14.0. The average molecular weight is 386 g/mol. The van der Waals surface area contributed by atoms with E-state index in [9.17, 15) is 0 Å². The number of anilines is 1. The van der Waals surface area contributed by atoms with Crippen molar-refractivity contribution in [1.82, 2.24) is 9.97 Å². The Bertz CT molecular complexity index is 938. The van der Waals surface area contributed by atoms with Crippen LogP contribution in [0.3, 0.4) is 0 Å². The maximum atomic E-state index is 6.32. The zero-order chi connectivity index (χ0) is 18.4. The predicted molar refractivity (Wildman–Crippen MR) is 113 cm³/mol. The molecule has 1 aromatic carbocycles. The Kier molecular flexibility index (Phi) is 4.66. The summed E-state index contributed by atoms with van der Waals surface area (Å²) < 4.78 is 0. The van der Waals surface area contributed by atoms with Gasteiger partial charge in [0, 0.05) is 22.5 Å². The van der Waals surface area contributed by atoms with Gasteiger partial charge >= 0.3 is 0 Å². The van der Waals surface area contributed by atoms with Crippen molar-refractivity contribution in [3.05, 3.63) is 40.0 Å². The summed E-state index contributed by atoms with van der Waals surface area (Å²) >= 11 is 8.04. The third-order valence-electron chi connectivity index (χ3n) is 5.46. The average Bonchev–Trinajstić information content (AvgIpc) is 2.91. The molecule has 0 spiro atoms. The summed E-state index contributed by atoms with van der Waals surface area (Å²) in [5.41, 5.74) is 3.74. The topological polar surface area (TPSA) is 29.0 Å². The lowest BCUT2D eigenvalue weighted by atomic mass is 9.96. The highest BCUT2D eigenvalue weighted by atomic mass is 35.5. The molecule has 1 saturated heterocycles. The van der Waals surface area contributed by atoms with E-state index in [1.807, 2.05) is 0 Å². The van der Waals surface area contributed by atoms with Gasteiger partial charge in [-0.1, -0.05) is 29.8 Å². The Hall–Kier alpha value is -1.65. The molecule has 2 aromatic heterocycles. The monoisotopic (exact) mass is 385 g/mol. The molecule has 4 rings (SSSR count). The zero-order valence-electron chi connectivity index (χ0n) is 15.7. The molecule has 136 valence electrons. The van der Waals surface area contributed by atoms with Crippen molar-refractivity contribution in [2.24, 2.45) is 0 Å². The Morgan fingerprint density at radius 2 is 1.69 bits per heavy atom. The lowest BCUT2D eigenvalue weighted by Crippen LogP contribution is -2.44. The van der Waals surface area contributed by atoms with Gasteiger partial charge in [0.05, 0.1) is 5.39 Å². The van der Waals surface area contributed by atoms with Crippen LogP contribution in [0.5, 0.6) is 0 Å². The molecule has 0 aliphatic carbocycles. The molecular formula is C21H24ClN3S. The summed E-state index contributed by atoms with van der Waals surface area (Å²) in [6, 6.07) is 9.65. The standard InChI is InChI=1S/C21H24ClN3S/c1-12-8-10-16(11-9-12)17-15(4)26-20-18(17)19(23-21(22)24-20)25-13(2)6-5-7-14(25)3/h8-11,13-14H,5-7H2,1-4H3. The SMILES string of the molecule is Cc1ccc(-c2c(C)sc3nc(Cl)nc(N4C(C)CCCC4C)c23)cc1. The quantitative estimate of drug-likeness (QED) is 0.478. The van der Waals surface area contributed by atoms with Crippen molar-refractivity contribution in [3.8, 4) is 11.1 Å². The Labute approximate surface area is 164 Å². The third-order valence-corrected chi connectivity index (χ3v) is 6.63. The van der Waals surface area contributed by atoms with Crippen LogP contribution in [-0.2, 0) is 0 Å². The van der Waals surface area contributed by atoms with Crippen molar-refractivity contribution in [1.29, 1.82) is 0 Å². The fourth-order valence-electron chi connectivity index (χ4n) is 4.16. The maximum Gasteiger partial charge on any atom is 0.225 e. The maximum absolute atomic E-state index is 6.32. The van der Waals surface area contributed by atoms with E-state index >= 15 is 0 Å². The highest BCUT2D eigenvalue weighted by molar-refractivity contribution is 7.19. The number of aryl methyl sites for hydroxylation is 2. The number of hydrogen-bond donors (Lipinski definition) is 0. The second-order valence-electron chi connectivity index (χ2n) is 7.43. The predicted octanol–water partition coefficient (Wildman–Crippen LogP) is 6.40. The van der Waals surface area contributed by atoms with Crippen LogP contribution < -0.4 is 4.90 Å². The number of thiophene rings is 1. The molecule has 3 aromatic rings. The third kappa shape index (κ3) is 2.99. The van der Waals surface area contributed by atoms with E-state index in [0.29, 0.717) is 17.4 Å². The van der Waals surface area contributed by atoms with Crippen LogP contribution in [0.1, 0.15) is 43.6 Å². The number of piperidine rings is 1. The van der Waals surface area contributed by atoms with E-state index in [1.165, 1.54) is 40.8 Å². The molecule has 0 amide bonds. The van der Waals surface area contributed by atoms with Gasteiger partial charge in [-0.05, 0) is 64.1 Å². The first-order valence-corrected chi connectivity index (χ1v) is 10.5. The number of aromatic nitrogens is 2. The molecule has 5 heteroatoms. The zero-order valence-corrected chi connectivity index (χ0v) is 17.3. The van der Waals surface area contributed by atoms with Crippen LogP contribution in [0.15, 0.2) is 24.3 Å². The number of hydrogen-bond acceptors (Lipinski definition) is 4. The first-order valence-electron chi connectivity index (χ1n) is 9.27. The van der Waals surface area contributed by atoms with Crippen molar-refractivity contribution < 1.29 is 0 Å². The van der Waals surface area contributed by atoms with Crippen LogP contribution in [0.25, 0.3) is 21.3 Å². The number of rotatable bonds is 2. The van der Waals surface area contributed by atoms with Crippen molar-refractivity contribution in [2.75, 3.05) is 4.90 Å². The summed E-state index contributed by atoms with van der Waals surface area (Å²) in [5, 5.41) is 1.50. The van der Waals surface area contributed by atoms with E-state index in [-0.39, 0.29) is 0 Å². The van der Waals surface area contributed by atoms with Gasteiger partial charge in [-0.2, -0.15) is 4.98 Å². The fourth-order valence-corrected chi connectivity index (χ4v) is 5.42. The van der Waals surface area contributed by atoms with Gasteiger partial charge in [0.25, 0.3) is 0 Å². The molecule has 3 heterocycles. The minimum atomic E-state index is 0.342. The normalized spacial score (nSPS) is 20.7. The Balaban J connectivity index is 1.99. The summed E-state index contributed by atoms with van der Waals surface area (Å²) in [7, 11) is 0. The highest BCUT2D eigenvalue weighted by Crippen LogP contribution is 2.44. The highest BCUT2D eigenvalue weighted by Gasteiger charge is 2.30. The largest absolute Gasteiger partial charge is 0.351 e. The van der Waals surface area contributed by atoms with Crippen molar-refractivity contribution in [2.45, 2.75) is 59.0 Å². The van der Waals surface area contributed by atoms with Crippen molar-refractivity contribution in [3.63, 3.8) is 0 Å². The van der Waals surface area contributed by atoms with Gasteiger partial charge < -0.3 is 4.90 Å². The van der Waals surface area contributed by atoms with Gasteiger partial charge in [-0.25, -0.2) is 4.98 Å². The van der Waals surface area contributed by atoms with E-state index in [2.05, 4.69) is 61.8 Å². The molecule has 1 aliphatic heterocycles. The summed E-state index contributed by atoms with van der Waals surface area (Å²) in [5.74, 6) is 1.000. The van der Waals surface area contributed by atoms with Crippen molar-refractivity contribution >= 4 is 39.0 Å². The molecule has 0 bridgehead atoms. The van der Waals surface area contributed by atoms with E-state index < -0.39 is 0 Å². The second-order valence-corrected chi connectivity index (χ2v) is 8.97. The van der Waals surface area contributed by atoms with E-state index in [0.717, 1.165) is 16.0 Å². The number of benzene rings is 1. The molecule has 2 atom stereocenters. The van der Waals surface area contributed by atoms with Gasteiger partial charge in [-0.15, -0.1) is 11.3 Å². The molecule has 1 fully saturated rings. The van der Waals surface area contributed by atoms with Crippen LogP contribution in [0.4, 0.5) is 5.82 Å². The lowest BCUT2D eigenvalue weighted by molar-refractivity contribution is 0.412. The molecule has 0 N–H and O–H groups in total. The Morgan fingerprint density at radius 1 is 1.04 bits per heavy atom. The van der Waals surface area contributed by atoms with Gasteiger partial charge in [0.2, 0.25) is 5.28 Å². The molecule has 1 aliphatic rings. The number of fused-ring (bicyclic) bond motifs is 1. The molecule has 0 radical (unpaired) electrons. The fraction of sp³-hybridized carbons (Fsp3) is 0.429. The van der Waals surface area contributed by atoms with E-state index in [1.54, 1.807) is 11.3 Å². The van der Waals surface area contributed by atoms with Gasteiger partial charge in [-0.3, -0.25) is 0 Å². The molecule has 2 unspecified atom stereocenters. The first-order chi connectivity index (χ1) is 12.5. The molecule has 26 heavy (non-hydrogen) atoms. The minimum Gasteiger partial charge on any atom is -0.351 e. The molecule has 3 nitrogen and oxygen atoms in total. The smallest absolute Gasteiger partial charge is 0.225 e. The summed E-state index contributed by atoms with van der Waals surface area (Å²) in [6.07, 6.45) is 3.65. The van der Waals surface area contributed by atoms with Crippen LogP contribution in [0.2, 0.25) is 5.28 Å². The van der Waals surface area contributed by atoms with Gasteiger partial charge in [0.15, 0.2) is 0 Å². The lowest BCUT2D eigenvalue weighted by Gasteiger charge is -2.40. The van der Waals surface area contributed by atoms with Gasteiger partial charge in [0.1, 0.15) is 10.6 Å². The first kappa shape index (κ1) is 17.7. The summed E-state index contributed by atoms with van der Waals surface area (Å²) in [6.45, 7) is 8.88. The number of halogens is 1. The molecular weight excluding hydrogens is 362 g/mol. The van der Waals surface area contributed by atoms with Crippen LogP contribution >= 0.6 is 22.9 Å². The van der Waals surface area contributed by atoms with Crippen LogP contribution in [-0.4, -0.2) is 22.1 Å². The Morgan fingerprint density at radius 3 is 2.35 bits per heavy atom.